The van der Waals surface area contributed by atoms with Crippen LogP contribution in [0.3, 0.4) is 0 Å². The molecule has 0 aliphatic rings. The Hall–Kier alpha value is -3.86. The smallest absolute Gasteiger partial charge is 0.266 e. The Bertz CT molecular complexity index is 1250. The highest BCUT2D eigenvalue weighted by Crippen LogP contribution is 2.27. The van der Waals surface area contributed by atoms with Gasteiger partial charge in [0.2, 0.25) is 0 Å². The number of hydrogen-bond donors (Lipinski definition) is 2. The molecule has 0 unspecified atom stereocenters. The van der Waals surface area contributed by atoms with Crippen molar-refractivity contribution >= 4 is 52.5 Å². The molecule has 9 heteroatoms. The van der Waals surface area contributed by atoms with Gasteiger partial charge in [-0.15, -0.1) is 0 Å². The highest BCUT2D eigenvalue weighted by Gasteiger charge is 2.12. The van der Waals surface area contributed by atoms with Gasteiger partial charge in [0.05, 0.1) is 15.7 Å². The van der Waals surface area contributed by atoms with E-state index in [4.69, 9.17) is 27.9 Å². The van der Waals surface area contributed by atoms with Gasteiger partial charge in [-0.05, 0) is 60.2 Å². The summed E-state index contributed by atoms with van der Waals surface area (Å²) in [6.07, 6.45) is 1.36. The third-order valence-electron chi connectivity index (χ3n) is 4.24. The molecule has 3 rings (SSSR count). The SMILES string of the molecule is N#C/C(=C\c1ccc(OCC(=O)Nc2ccc(F)cc2)c(Cl)c1)C(=O)Nc1ccccc1Cl. The van der Waals surface area contributed by atoms with Crippen molar-refractivity contribution in [1.82, 2.24) is 0 Å². The minimum Gasteiger partial charge on any atom is -0.482 e. The fourth-order valence-corrected chi connectivity index (χ4v) is 3.09. The molecule has 0 spiro atoms. The summed E-state index contributed by atoms with van der Waals surface area (Å²) >= 11 is 12.2. The largest absolute Gasteiger partial charge is 0.482 e. The molecule has 0 aliphatic heterocycles. The van der Waals surface area contributed by atoms with E-state index in [-0.39, 0.29) is 23.0 Å². The van der Waals surface area contributed by atoms with Crippen LogP contribution in [-0.4, -0.2) is 18.4 Å². The van der Waals surface area contributed by atoms with Crippen molar-refractivity contribution in [2.45, 2.75) is 0 Å². The standard InChI is InChI=1S/C24H16Cl2FN3O3/c25-19-3-1-2-4-21(19)30-24(32)16(13-28)11-15-5-10-22(20(26)12-15)33-14-23(31)29-18-8-6-17(27)7-9-18/h1-12H,14H2,(H,29,31)(H,30,32)/b16-11+. The van der Waals surface area contributed by atoms with Gasteiger partial charge < -0.3 is 15.4 Å². The molecule has 2 amide bonds. The van der Waals surface area contributed by atoms with Crippen molar-refractivity contribution in [2.75, 3.05) is 17.2 Å². The molecule has 166 valence electrons. The first-order valence-electron chi connectivity index (χ1n) is 9.51. The van der Waals surface area contributed by atoms with E-state index < -0.39 is 17.6 Å². The normalized spacial score (nSPS) is 10.8. The second kappa shape index (κ2) is 11.1. The zero-order valence-corrected chi connectivity index (χ0v) is 18.5. The summed E-state index contributed by atoms with van der Waals surface area (Å²) < 4.78 is 18.4. The van der Waals surface area contributed by atoms with Gasteiger partial charge in [-0.2, -0.15) is 5.26 Å². The van der Waals surface area contributed by atoms with Crippen LogP contribution >= 0.6 is 23.2 Å². The van der Waals surface area contributed by atoms with E-state index in [2.05, 4.69) is 10.6 Å². The molecule has 0 saturated carbocycles. The quantitative estimate of drug-likeness (QED) is 0.333. The van der Waals surface area contributed by atoms with Crippen molar-refractivity contribution in [3.63, 3.8) is 0 Å². The van der Waals surface area contributed by atoms with E-state index >= 15 is 0 Å². The zero-order chi connectivity index (χ0) is 23.8. The van der Waals surface area contributed by atoms with Crippen LogP contribution in [0.4, 0.5) is 15.8 Å². The maximum Gasteiger partial charge on any atom is 0.266 e. The lowest BCUT2D eigenvalue weighted by molar-refractivity contribution is -0.118. The first-order chi connectivity index (χ1) is 15.9. The van der Waals surface area contributed by atoms with E-state index in [0.29, 0.717) is 22.0 Å². The molecule has 0 saturated heterocycles. The molecule has 3 aromatic carbocycles. The molecular weight excluding hydrogens is 468 g/mol. The van der Waals surface area contributed by atoms with E-state index in [0.717, 1.165) is 0 Å². The summed E-state index contributed by atoms with van der Waals surface area (Å²) in [5, 5.41) is 15.0. The number of carbonyl (C=O) groups excluding carboxylic acids is 2. The summed E-state index contributed by atoms with van der Waals surface area (Å²) in [6.45, 7) is -0.323. The number of nitrogens with zero attached hydrogens (tertiary/aromatic N) is 1. The van der Waals surface area contributed by atoms with Crippen LogP contribution in [0.1, 0.15) is 5.56 Å². The third kappa shape index (κ3) is 6.81. The Morgan fingerprint density at radius 3 is 2.39 bits per heavy atom. The van der Waals surface area contributed by atoms with Gasteiger partial charge >= 0.3 is 0 Å². The maximum absolute atomic E-state index is 12.9. The molecule has 0 fully saturated rings. The summed E-state index contributed by atoms with van der Waals surface area (Å²) in [7, 11) is 0. The fourth-order valence-electron chi connectivity index (χ4n) is 2.67. The highest BCUT2D eigenvalue weighted by molar-refractivity contribution is 6.34. The summed E-state index contributed by atoms with van der Waals surface area (Å²) in [5.74, 6) is -1.25. The molecule has 33 heavy (non-hydrogen) atoms. The lowest BCUT2D eigenvalue weighted by Crippen LogP contribution is -2.20. The van der Waals surface area contributed by atoms with Crippen molar-refractivity contribution < 1.29 is 18.7 Å². The Labute approximate surface area is 199 Å². The van der Waals surface area contributed by atoms with Crippen molar-refractivity contribution in [3.05, 3.63) is 93.7 Å². The van der Waals surface area contributed by atoms with E-state index in [9.17, 15) is 19.2 Å². The molecule has 6 nitrogen and oxygen atoms in total. The fraction of sp³-hybridized carbons (Fsp3) is 0.0417. The third-order valence-corrected chi connectivity index (χ3v) is 4.87. The molecule has 0 radical (unpaired) electrons. The molecule has 2 N–H and O–H groups in total. The van der Waals surface area contributed by atoms with E-state index in [1.54, 1.807) is 30.3 Å². The monoisotopic (exact) mass is 483 g/mol. The van der Waals surface area contributed by atoms with Crippen molar-refractivity contribution in [2.24, 2.45) is 0 Å². The van der Waals surface area contributed by atoms with Gasteiger partial charge in [-0.1, -0.05) is 41.4 Å². The molecular formula is C24H16Cl2FN3O3. The van der Waals surface area contributed by atoms with Gasteiger partial charge in [0.15, 0.2) is 6.61 Å². The Morgan fingerprint density at radius 1 is 1.00 bits per heavy atom. The summed E-state index contributed by atoms with van der Waals surface area (Å²) in [6, 6.07) is 18.4. The topological polar surface area (TPSA) is 91.2 Å². The number of anilines is 2. The van der Waals surface area contributed by atoms with Crippen LogP contribution in [0.2, 0.25) is 10.0 Å². The number of ether oxygens (including phenoxy) is 1. The lowest BCUT2D eigenvalue weighted by atomic mass is 10.1. The minimum atomic E-state index is -0.625. The summed E-state index contributed by atoms with van der Waals surface area (Å²) in [5.41, 5.74) is 1.13. The van der Waals surface area contributed by atoms with Crippen LogP contribution < -0.4 is 15.4 Å². The number of rotatable bonds is 7. The predicted octanol–water partition coefficient (Wildman–Crippen LogP) is 5.70. The first-order valence-corrected chi connectivity index (χ1v) is 10.3. The van der Waals surface area contributed by atoms with Gasteiger partial charge in [0.1, 0.15) is 23.2 Å². The van der Waals surface area contributed by atoms with Crippen molar-refractivity contribution in [1.29, 1.82) is 5.26 Å². The van der Waals surface area contributed by atoms with E-state index in [1.165, 1.54) is 42.5 Å². The zero-order valence-electron chi connectivity index (χ0n) is 16.9. The Balaban J connectivity index is 1.63. The lowest BCUT2D eigenvalue weighted by Gasteiger charge is -2.10. The average Bonchev–Trinajstić information content (AvgIpc) is 2.80. The second-order valence-corrected chi connectivity index (χ2v) is 7.45. The van der Waals surface area contributed by atoms with Gasteiger partial charge in [-0.3, -0.25) is 9.59 Å². The molecule has 0 atom stereocenters. The molecule has 0 aromatic heterocycles. The number of amides is 2. The van der Waals surface area contributed by atoms with Crippen LogP contribution in [0.15, 0.2) is 72.3 Å². The maximum atomic E-state index is 12.9. The van der Waals surface area contributed by atoms with Crippen LogP contribution in [0.25, 0.3) is 6.08 Å². The number of carbonyl (C=O) groups is 2. The number of benzene rings is 3. The molecule has 3 aromatic rings. The number of nitrogens with one attached hydrogen (secondary N) is 2. The number of halogens is 3. The molecule has 0 heterocycles. The van der Waals surface area contributed by atoms with Gasteiger partial charge in [0.25, 0.3) is 11.8 Å². The Morgan fingerprint density at radius 2 is 1.73 bits per heavy atom. The minimum absolute atomic E-state index is 0.154. The number of para-hydroxylation sites is 1. The Kier molecular flexibility index (Phi) is 8.03. The average molecular weight is 484 g/mol. The number of nitriles is 1. The molecule has 0 bridgehead atoms. The van der Waals surface area contributed by atoms with Crippen LogP contribution in [-0.2, 0) is 9.59 Å². The molecule has 0 aliphatic carbocycles. The predicted molar refractivity (Wildman–Crippen MR) is 126 cm³/mol. The van der Waals surface area contributed by atoms with Crippen LogP contribution in [0, 0.1) is 17.1 Å². The van der Waals surface area contributed by atoms with Gasteiger partial charge in [0, 0.05) is 5.69 Å². The van der Waals surface area contributed by atoms with Crippen LogP contribution in [0.5, 0.6) is 5.75 Å². The van der Waals surface area contributed by atoms with Crippen molar-refractivity contribution in [3.8, 4) is 11.8 Å². The summed E-state index contributed by atoms with van der Waals surface area (Å²) in [4.78, 5) is 24.4. The second-order valence-electron chi connectivity index (χ2n) is 6.64. The number of hydrogen-bond acceptors (Lipinski definition) is 4. The first kappa shape index (κ1) is 23.8. The highest BCUT2D eigenvalue weighted by atomic mass is 35.5. The van der Waals surface area contributed by atoms with Gasteiger partial charge in [-0.25, -0.2) is 4.39 Å². The van der Waals surface area contributed by atoms with E-state index in [1.807, 2.05) is 6.07 Å².